The molecule has 0 fully saturated rings. The molecule has 136 valence electrons. The van der Waals surface area contributed by atoms with Crippen LogP contribution >= 0.6 is 0 Å². The van der Waals surface area contributed by atoms with Crippen LogP contribution in [0.25, 0.3) is 5.78 Å². The normalized spacial score (nSPS) is 11.0. The summed E-state index contributed by atoms with van der Waals surface area (Å²) in [5.74, 6) is 0.0378. The summed E-state index contributed by atoms with van der Waals surface area (Å²) in [7, 11) is 0. The van der Waals surface area contributed by atoms with Gasteiger partial charge in [-0.3, -0.25) is 24.7 Å². The first kappa shape index (κ1) is 16.7. The van der Waals surface area contributed by atoms with E-state index in [4.69, 9.17) is 0 Å². The van der Waals surface area contributed by atoms with E-state index in [2.05, 4.69) is 25.5 Å². The number of nitrogens with one attached hydrogen (secondary N) is 2. The zero-order valence-corrected chi connectivity index (χ0v) is 14.8. The van der Waals surface area contributed by atoms with Gasteiger partial charge in [-0.15, -0.1) is 0 Å². The number of hydrogen-bond acceptors (Lipinski definition) is 5. The lowest BCUT2D eigenvalue weighted by molar-refractivity contribution is 0.102. The largest absolute Gasteiger partial charge is 0.291 e. The average Bonchev–Trinajstić information content (AvgIpc) is 3.30. The van der Waals surface area contributed by atoms with Crippen LogP contribution in [-0.4, -0.2) is 35.3 Å². The fourth-order valence-corrected chi connectivity index (χ4v) is 2.73. The molecule has 0 aliphatic rings. The first-order chi connectivity index (χ1) is 13.0. The van der Waals surface area contributed by atoms with E-state index in [9.17, 15) is 9.59 Å². The number of carbonyl (C=O) groups is 1. The van der Waals surface area contributed by atoms with Crippen molar-refractivity contribution >= 4 is 17.6 Å². The minimum Gasteiger partial charge on any atom is -0.291 e. The van der Waals surface area contributed by atoms with E-state index in [1.807, 2.05) is 24.4 Å². The lowest BCUT2D eigenvalue weighted by atomic mass is 10.1. The molecule has 0 aliphatic heterocycles. The van der Waals surface area contributed by atoms with Gasteiger partial charge in [-0.2, -0.15) is 14.6 Å². The van der Waals surface area contributed by atoms with Gasteiger partial charge in [-0.25, -0.2) is 4.98 Å². The van der Waals surface area contributed by atoms with Crippen molar-refractivity contribution in [3.8, 4) is 0 Å². The highest BCUT2D eigenvalue weighted by Gasteiger charge is 2.13. The Morgan fingerprint density at radius 1 is 1.22 bits per heavy atom. The van der Waals surface area contributed by atoms with E-state index in [1.165, 1.54) is 4.52 Å². The number of anilines is 1. The maximum Gasteiger partial charge on any atom is 0.277 e. The van der Waals surface area contributed by atoms with Crippen LogP contribution in [-0.2, 0) is 6.54 Å². The molecule has 1 amide bonds. The van der Waals surface area contributed by atoms with Gasteiger partial charge in [0.15, 0.2) is 0 Å². The van der Waals surface area contributed by atoms with Crippen molar-refractivity contribution in [1.82, 2.24) is 29.4 Å². The summed E-state index contributed by atoms with van der Waals surface area (Å²) in [4.78, 5) is 33.2. The number of aromatic nitrogens is 6. The third-order valence-electron chi connectivity index (χ3n) is 4.29. The second kappa shape index (κ2) is 6.52. The number of amides is 1. The van der Waals surface area contributed by atoms with Gasteiger partial charge in [0.05, 0.1) is 6.54 Å². The molecule has 27 heavy (non-hydrogen) atoms. The molecule has 4 aromatic rings. The molecule has 0 saturated heterocycles. The Bertz CT molecular complexity index is 1190. The Kier molecular flexibility index (Phi) is 4.03. The molecule has 0 spiro atoms. The molecular formula is C18H17N7O2. The Morgan fingerprint density at radius 2 is 2.07 bits per heavy atom. The fourth-order valence-electron chi connectivity index (χ4n) is 2.73. The number of aryl methyl sites for hydroxylation is 1. The van der Waals surface area contributed by atoms with Gasteiger partial charge in [0.1, 0.15) is 0 Å². The predicted octanol–water partition coefficient (Wildman–Crippen LogP) is 1.53. The van der Waals surface area contributed by atoms with Crippen molar-refractivity contribution in [2.75, 3.05) is 5.32 Å². The van der Waals surface area contributed by atoms with Gasteiger partial charge in [0, 0.05) is 29.2 Å². The van der Waals surface area contributed by atoms with Gasteiger partial charge in [0.25, 0.3) is 17.2 Å². The van der Waals surface area contributed by atoms with Crippen LogP contribution < -0.4 is 10.9 Å². The molecule has 0 bridgehead atoms. The molecule has 3 heterocycles. The molecule has 2 N–H and O–H groups in total. The molecule has 9 heteroatoms. The molecule has 1 aromatic carbocycles. The summed E-state index contributed by atoms with van der Waals surface area (Å²) in [5.41, 5.74) is 2.32. The van der Waals surface area contributed by atoms with Gasteiger partial charge in [-0.05, 0) is 37.6 Å². The number of hydrogen-bond donors (Lipinski definition) is 2. The van der Waals surface area contributed by atoms with Crippen molar-refractivity contribution in [3.05, 3.63) is 75.5 Å². The summed E-state index contributed by atoms with van der Waals surface area (Å²) < 4.78 is 2.99. The zero-order valence-electron chi connectivity index (χ0n) is 14.8. The SMILES string of the molecule is Cc1nc2nc(NC(=O)c3cccc(Cn4cccn4)c3)[nH]n2c(=O)c1C. The number of carbonyl (C=O) groups excluding carboxylic acids is 1. The van der Waals surface area contributed by atoms with Gasteiger partial charge < -0.3 is 0 Å². The monoisotopic (exact) mass is 363 g/mol. The van der Waals surface area contributed by atoms with Crippen molar-refractivity contribution in [2.24, 2.45) is 0 Å². The van der Waals surface area contributed by atoms with Gasteiger partial charge >= 0.3 is 0 Å². The Labute approximate surface area is 153 Å². The number of H-pyrrole nitrogens is 1. The van der Waals surface area contributed by atoms with Crippen molar-refractivity contribution in [2.45, 2.75) is 20.4 Å². The van der Waals surface area contributed by atoms with Gasteiger partial charge in [0.2, 0.25) is 5.95 Å². The van der Waals surface area contributed by atoms with Crippen LogP contribution in [0.4, 0.5) is 5.95 Å². The fraction of sp³-hybridized carbons (Fsp3) is 0.167. The van der Waals surface area contributed by atoms with E-state index in [1.54, 1.807) is 36.9 Å². The third kappa shape index (κ3) is 3.22. The smallest absolute Gasteiger partial charge is 0.277 e. The molecule has 0 radical (unpaired) electrons. The molecule has 0 atom stereocenters. The first-order valence-electron chi connectivity index (χ1n) is 8.35. The van der Waals surface area contributed by atoms with Crippen LogP contribution in [0.2, 0.25) is 0 Å². The highest BCUT2D eigenvalue weighted by Crippen LogP contribution is 2.10. The maximum absolute atomic E-state index is 12.6. The summed E-state index contributed by atoms with van der Waals surface area (Å²) in [6.45, 7) is 4.01. The quantitative estimate of drug-likeness (QED) is 0.571. The highest BCUT2D eigenvalue weighted by atomic mass is 16.2. The summed E-state index contributed by atoms with van der Waals surface area (Å²) >= 11 is 0. The van der Waals surface area contributed by atoms with Crippen molar-refractivity contribution < 1.29 is 4.79 Å². The topological polar surface area (TPSA) is 110 Å². The van der Waals surface area contributed by atoms with Crippen LogP contribution in [0.5, 0.6) is 0 Å². The summed E-state index contributed by atoms with van der Waals surface area (Å²) in [6.07, 6.45) is 3.56. The number of aromatic amines is 1. The van der Waals surface area contributed by atoms with E-state index < -0.39 is 0 Å². The zero-order chi connectivity index (χ0) is 19.0. The number of nitrogens with zero attached hydrogens (tertiary/aromatic N) is 5. The van der Waals surface area contributed by atoms with Crippen molar-refractivity contribution in [1.29, 1.82) is 0 Å². The number of rotatable bonds is 4. The van der Waals surface area contributed by atoms with E-state index in [0.29, 0.717) is 23.4 Å². The highest BCUT2D eigenvalue weighted by molar-refractivity contribution is 6.03. The molecule has 9 nitrogen and oxygen atoms in total. The minimum absolute atomic E-state index is 0.159. The second-order valence-electron chi connectivity index (χ2n) is 6.19. The minimum atomic E-state index is -0.335. The second-order valence-corrected chi connectivity index (χ2v) is 6.19. The Balaban J connectivity index is 1.58. The number of fused-ring (bicyclic) bond motifs is 1. The predicted molar refractivity (Wildman–Crippen MR) is 98.8 cm³/mol. The van der Waals surface area contributed by atoms with Crippen LogP contribution in [0, 0.1) is 13.8 Å². The molecule has 4 rings (SSSR count). The van der Waals surface area contributed by atoms with Crippen LogP contribution in [0.1, 0.15) is 27.2 Å². The third-order valence-corrected chi connectivity index (χ3v) is 4.29. The molecule has 0 saturated carbocycles. The first-order valence-corrected chi connectivity index (χ1v) is 8.35. The number of benzene rings is 1. The summed E-state index contributed by atoms with van der Waals surface area (Å²) in [6, 6.07) is 9.08. The molecule has 0 aliphatic carbocycles. The summed E-state index contributed by atoms with van der Waals surface area (Å²) in [5, 5.41) is 9.60. The molecular weight excluding hydrogens is 346 g/mol. The lowest BCUT2D eigenvalue weighted by Crippen LogP contribution is -2.19. The van der Waals surface area contributed by atoms with Crippen LogP contribution in [0.15, 0.2) is 47.5 Å². The molecule has 0 unspecified atom stereocenters. The average molecular weight is 363 g/mol. The standard InChI is InChI=1S/C18H17N7O2/c1-11-12(2)20-18-22-17(23-25(18)16(11)27)21-15(26)14-6-3-5-13(9-14)10-24-8-4-7-19-24/h3-9H,10H2,1-2H3,(H2,20,21,22,23,26). The maximum atomic E-state index is 12.6. The van der Waals surface area contributed by atoms with Crippen molar-refractivity contribution in [3.63, 3.8) is 0 Å². The lowest BCUT2D eigenvalue weighted by Gasteiger charge is -2.05. The van der Waals surface area contributed by atoms with E-state index in [0.717, 1.165) is 5.56 Å². The van der Waals surface area contributed by atoms with E-state index in [-0.39, 0.29) is 23.2 Å². The molecule has 3 aromatic heterocycles. The Hall–Kier alpha value is -3.75. The van der Waals surface area contributed by atoms with E-state index >= 15 is 0 Å². The van der Waals surface area contributed by atoms with Gasteiger partial charge in [-0.1, -0.05) is 12.1 Å². The Morgan fingerprint density at radius 3 is 2.85 bits per heavy atom. The van der Waals surface area contributed by atoms with Crippen LogP contribution in [0.3, 0.4) is 0 Å².